The van der Waals surface area contributed by atoms with Gasteiger partial charge in [-0.1, -0.05) is 6.07 Å². The normalized spacial score (nSPS) is 10.6. The van der Waals surface area contributed by atoms with Gasteiger partial charge in [-0.3, -0.25) is 0 Å². The van der Waals surface area contributed by atoms with Crippen LogP contribution in [-0.4, -0.2) is 24.1 Å². The third-order valence-electron chi connectivity index (χ3n) is 3.31. The number of hydrogen-bond acceptors (Lipinski definition) is 4. The van der Waals surface area contributed by atoms with Crippen molar-refractivity contribution >= 4 is 45.8 Å². The summed E-state index contributed by atoms with van der Waals surface area (Å²) < 4.78 is 0. The van der Waals surface area contributed by atoms with Crippen LogP contribution < -0.4 is 10.6 Å². The van der Waals surface area contributed by atoms with Crippen LogP contribution in [0.2, 0.25) is 0 Å². The summed E-state index contributed by atoms with van der Waals surface area (Å²) in [6, 6.07) is 9.91. The van der Waals surface area contributed by atoms with E-state index in [0.717, 1.165) is 39.0 Å². The predicted octanol–water partition coefficient (Wildman–Crippen LogP) is 3.16. The van der Waals surface area contributed by atoms with E-state index in [4.69, 9.17) is 10.7 Å². The lowest BCUT2D eigenvalue weighted by Gasteiger charge is -2.14. The van der Waals surface area contributed by atoms with Crippen molar-refractivity contribution < 1.29 is 0 Å². The van der Waals surface area contributed by atoms with Gasteiger partial charge in [-0.15, -0.1) is 12.4 Å². The number of para-hydroxylation sites is 1. The molecule has 0 radical (unpaired) electrons. The van der Waals surface area contributed by atoms with Gasteiger partial charge in [-0.2, -0.15) is 0 Å². The maximum absolute atomic E-state index is 5.95. The number of fused-ring (bicyclic) bond motifs is 2. The second-order valence-corrected chi connectivity index (χ2v) is 4.96. The molecule has 0 fully saturated rings. The second kappa shape index (κ2) is 5.13. The smallest absolute Gasteiger partial charge is 0.113 e. The fourth-order valence-electron chi connectivity index (χ4n) is 2.21. The van der Waals surface area contributed by atoms with Gasteiger partial charge < -0.3 is 10.6 Å². The molecule has 2 aromatic carbocycles. The highest BCUT2D eigenvalue weighted by Crippen LogP contribution is 2.26. The number of rotatable bonds is 1. The Balaban J connectivity index is 0.00000147. The summed E-state index contributed by atoms with van der Waals surface area (Å²) in [7, 11) is 4.01. The Bertz CT molecular complexity index is 784. The van der Waals surface area contributed by atoms with E-state index >= 15 is 0 Å². The molecular weight excluding hydrogens is 272 g/mol. The summed E-state index contributed by atoms with van der Waals surface area (Å²) in [6.45, 7) is 1.98. The lowest BCUT2D eigenvalue weighted by atomic mass is 10.1. The molecule has 2 N–H and O–H groups in total. The van der Waals surface area contributed by atoms with E-state index in [1.54, 1.807) is 0 Å². The highest BCUT2D eigenvalue weighted by Gasteiger charge is 2.08. The van der Waals surface area contributed by atoms with Gasteiger partial charge in [0, 0.05) is 19.8 Å². The fourth-order valence-corrected chi connectivity index (χ4v) is 2.21. The third-order valence-corrected chi connectivity index (χ3v) is 3.31. The van der Waals surface area contributed by atoms with E-state index in [-0.39, 0.29) is 12.4 Å². The third kappa shape index (κ3) is 2.23. The molecule has 0 atom stereocenters. The van der Waals surface area contributed by atoms with E-state index in [1.165, 1.54) is 0 Å². The Hall–Kier alpha value is -2.07. The minimum atomic E-state index is 0. The molecule has 0 bridgehead atoms. The fraction of sp³-hybridized carbons (Fsp3) is 0.200. The monoisotopic (exact) mass is 288 g/mol. The molecule has 0 spiro atoms. The summed E-state index contributed by atoms with van der Waals surface area (Å²) in [5, 5.41) is 0. The second-order valence-electron chi connectivity index (χ2n) is 4.96. The Kier molecular flexibility index (Phi) is 3.68. The van der Waals surface area contributed by atoms with E-state index in [1.807, 2.05) is 56.3 Å². The lowest BCUT2D eigenvalue weighted by molar-refractivity contribution is 1.13. The first kappa shape index (κ1) is 14.3. The lowest BCUT2D eigenvalue weighted by Crippen LogP contribution is -2.09. The van der Waals surface area contributed by atoms with Crippen molar-refractivity contribution in [1.29, 1.82) is 0 Å². The Morgan fingerprint density at radius 3 is 2.40 bits per heavy atom. The topological polar surface area (TPSA) is 55.0 Å². The summed E-state index contributed by atoms with van der Waals surface area (Å²) in [6.07, 6.45) is 0. The number of hydrogen-bond donors (Lipinski definition) is 1. The number of aryl methyl sites for hydroxylation is 1. The van der Waals surface area contributed by atoms with Crippen molar-refractivity contribution in [2.45, 2.75) is 6.92 Å². The zero-order valence-electron chi connectivity index (χ0n) is 11.7. The van der Waals surface area contributed by atoms with Crippen molar-refractivity contribution in [1.82, 2.24) is 9.97 Å². The zero-order valence-corrected chi connectivity index (χ0v) is 12.5. The number of anilines is 2. The highest BCUT2D eigenvalue weighted by atomic mass is 35.5. The molecule has 0 aliphatic carbocycles. The van der Waals surface area contributed by atoms with Crippen molar-refractivity contribution in [3.8, 4) is 0 Å². The zero-order chi connectivity index (χ0) is 13.6. The van der Waals surface area contributed by atoms with Gasteiger partial charge in [0.15, 0.2) is 0 Å². The molecule has 5 heteroatoms. The minimum absolute atomic E-state index is 0. The molecular formula is C15H17ClN4. The molecule has 0 unspecified atom stereocenters. The average Bonchev–Trinajstić information content (AvgIpc) is 2.37. The molecule has 104 valence electrons. The van der Waals surface area contributed by atoms with Crippen LogP contribution in [0.25, 0.3) is 22.1 Å². The highest BCUT2D eigenvalue weighted by molar-refractivity contribution is 5.94. The quantitative estimate of drug-likeness (QED) is 0.552. The van der Waals surface area contributed by atoms with Crippen LogP contribution in [0.3, 0.4) is 0 Å². The molecule has 1 aromatic heterocycles. The SMILES string of the molecule is Cc1cc2nc3cccc(N(C)C)c3nc2cc1N.Cl. The number of nitrogens with two attached hydrogens (primary N) is 1. The number of nitrogen functional groups attached to an aromatic ring is 1. The van der Waals surface area contributed by atoms with Crippen molar-refractivity contribution in [3.05, 3.63) is 35.9 Å². The van der Waals surface area contributed by atoms with Gasteiger partial charge in [0.25, 0.3) is 0 Å². The van der Waals surface area contributed by atoms with Gasteiger partial charge in [-0.05, 0) is 36.8 Å². The van der Waals surface area contributed by atoms with Crippen LogP contribution in [0.1, 0.15) is 5.56 Å². The van der Waals surface area contributed by atoms with Gasteiger partial charge >= 0.3 is 0 Å². The molecule has 0 saturated carbocycles. The van der Waals surface area contributed by atoms with Crippen molar-refractivity contribution in [2.24, 2.45) is 0 Å². The number of nitrogens with zero attached hydrogens (tertiary/aromatic N) is 3. The van der Waals surface area contributed by atoms with E-state index < -0.39 is 0 Å². The summed E-state index contributed by atoms with van der Waals surface area (Å²) >= 11 is 0. The minimum Gasteiger partial charge on any atom is -0.398 e. The van der Waals surface area contributed by atoms with Gasteiger partial charge in [-0.25, -0.2) is 9.97 Å². The van der Waals surface area contributed by atoms with Crippen LogP contribution >= 0.6 is 12.4 Å². The van der Waals surface area contributed by atoms with Gasteiger partial charge in [0.1, 0.15) is 5.52 Å². The first-order valence-electron chi connectivity index (χ1n) is 6.20. The van der Waals surface area contributed by atoms with E-state index in [2.05, 4.69) is 4.98 Å². The number of benzene rings is 2. The van der Waals surface area contributed by atoms with Gasteiger partial charge in [0.05, 0.1) is 22.2 Å². The van der Waals surface area contributed by atoms with E-state index in [0.29, 0.717) is 0 Å². The molecule has 0 amide bonds. The van der Waals surface area contributed by atoms with Crippen LogP contribution in [0.5, 0.6) is 0 Å². The summed E-state index contributed by atoms with van der Waals surface area (Å²) in [4.78, 5) is 11.4. The molecule has 0 saturated heterocycles. The first-order chi connectivity index (χ1) is 9.06. The van der Waals surface area contributed by atoms with Crippen LogP contribution in [0, 0.1) is 6.92 Å². The summed E-state index contributed by atoms with van der Waals surface area (Å²) in [5.74, 6) is 0. The standard InChI is InChI=1S/C15H16N4.ClH/c1-9-7-12-13(8-10(9)16)18-15-11(17-12)5-4-6-14(15)19(2)3;/h4-8H,16H2,1-3H3;1H. The molecule has 0 aliphatic heterocycles. The largest absolute Gasteiger partial charge is 0.398 e. The van der Waals surface area contributed by atoms with Crippen LogP contribution in [0.15, 0.2) is 30.3 Å². The van der Waals surface area contributed by atoms with Gasteiger partial charge in [0.2, 0.25) is 0 Å². The molecule has 3 rings (SSSR count). The molecule has 20 heavy (non-hydrogen) atoms. The molecule has 0 aliphatic rings. The maximum atomic E-state index is 5.95. The maximum Gasteiger partial charge on any atom is 0.113 e. The average molecular weight is 289 g/mol. The summed E-state index contributed by atoms with van der Waals surface area (Å²) in [5.41, 5.74) is 12.3. The predicted molar refractivity (Wildman–Crippen MR) is 87.8 cm³/mol. The number of halogens is 1. The molecule has 3 aromatic rings. The van der Waals surface area contributed by atoms with Crippen LogP contribution in [-0.2, 0) is 0 Å². The Morgan fingerprint density at radius 1 is 1.00 bits per heavy atom. The Labute approximate surface area is 124 Å². The Morgan fingerprint density at radius 2 is 1.70 bits per heavy atom. The molecule has 1 heterocycles. The first-order valence-corrected chi connectivity index (χ1v) is 6.20. The van der Waals surface area contributed by atoms with Crippen molar-refractivity contribution in [3.63, 3.8) is 0 Å². The number of aromatic nitrogens is 2. The molecule has 4 nitrogen and oxygen atoms in total. The van der Waals surface area contributed by atoms with E-state index in [9.17, 15) is 0 Å². The van der Waals surface area contributed by atoms with Crippen molar-refractivity contribution in [2.75, 3.05) is 24.7 Å². The van der Waals surface area contributed by atoms with Crippen LogP contribution in [0.4, 0.5) is 11.4 Å².